The first-order valence-corrected chi connectivity index (χ1v) is 9.48. The molecule has 0 saturated heterocycles. The number of hydrogen-bond donors (Lipinski definition) is 2. The van der Waals surface area contributed by atoms with Gasteiger partial charge in [-0.25, -0.2) is 4.39 Å². The Balaban J connectivity index is 1.76. The lowest BCUT2D eigenvalue weighted by atomic mass is 10.0. The monoisotopic (exact) mass is 380 g/mol. The molecule has 2 nitrogen and oxygen atoms in total. The standard InChI is InChI=1S/C18H18ClFN2S2/c1-10-7-11(2)17(14(19)8-10)22-18(23)21-15-5-6-24-16-4-3-12(20)9-13(15)16/h3-4,7-9,15H,5-6H2,1-2H3,(H2,21,22,23)/t15-/m1/s1. The van der Waals surface area contributed by atoms with E-state index in [-0.39, 0.29) is 11.9 Å². The molecule has 24 heavy (non-hydrogen) atoms. The number of anilines is 1. The van der Waals surface area contributed by atoms with Gasteiger partial charge in [0.15, 0.2) is 5.11 Å². The molecule has 0 amide bonds. The molecule has 1 atom stereocenters. The molecule has 2 aromatic carbocycles. The van der Waals surface area contributed by atoms with Gasteiger partial charge in [0.2, 0.25) is 0 Å². The highest BCUT2D eigenvalue weighted by Crippen LogP contribution is 2.36. The Hall–Kier alpha value is -1.30. The van der Waals surface area contributed by atoms with Crippen LogP contribution in [0.5, 0.6) is 0 Å². The maximum absolute atomic E-state index is 13.6. The van der Waals surface area contributed by atoms with E-state index in [0.29, 0.717) is 10.1 Å². The van der Waals surface area contributed by atoms with E-state index in [9.17, 15) is 4.39 Å². The molecule has 6 heteroatoms. The first-order valence-electron chi connectivity index (χ1n) is 7.70. The Morgan fingerprint density at radius 3 is 2.83 bits per heavy atom. The topological polar surface area (TPSA) is 24.1 Å². The minimum absolute atomic E-state index is 0.00137. The van der Waals surface area contributed by atoms with Crippen molar-refractivity contribution in [3.8, 4) is 0 Å². The molecule has 0 bridgehead atoms. The summed E-state index contributed by atoms with van der Waals surface area (Å²) < 4.78 is 13.6. The van der Waals surface area contributed by atoms with Crippen molar-refractivity contribution >= 4 is 46.4 Å². The smallest absolute Gasteiger partial charge is 0.171 e. The van der Waals surface area contributed by atoms with Gasteiger partial charge in [-0.05, 0) is 73.4 Å². The summed E-state index contributed by atoms with van der Waals surface area (Å²) in [6.45, 7) is 4.00. The zero-order chi connectivity index (χ0) is 17.3. The Morgan fingerprint density at radius 2 is 2.08 bits per heavy atom. The quantitative estimate of drug-likeness (QED) is 0.660. The average Bonchev–Trinajstić information content (AvgIpc) is 2.51. The number of rotatable bonds is 2. The van der Waals surface area contributed by atoms with Crippen molar-refractivity contribution < 1.29 is 4.39 Å². The minimum atomic E-state index is -0.223. The lowest BCUT2D eigenvalue weighted by molar-refractivity contribution is 0.587. The van der Waals surface area contributed by atoms with Crippen molar-refractivity contribution in [3.63, 3.8) is 0 Å². The van der Waals surface area contributed by atoms with Gasteiger partial charge in [-0.1, -0.05) is 17.7 Å². The van der Waals surface area contributed by atoms with Crippen LogP contribution in [0.1, 0.15) is 29.2 Å². The molecule has 1 aliphatic rings. The molecule has 3 rings (SSSR count). The van der Waals surface area contributed by atoms with Crippen LogP contribution < -0.4 is 10.6 Å². The molecular formula is C18H18ClFN2S2. The third-order valence-corrected chi connectivity index (χ3v) is 5.63. The number of fused-ring (bicyclic) bond motifs is 1. The van der Waals surface area contributed by atoms with Gasteiger partial charge < -0.3 is 10.6 Å². The molecule has 0 fully saturated rings. The summed E-state index contributed by atoms with van der Waals surface area (Å²) in [4.78, 5) is 1.10. The molecule has 0 spiro atoms. The molecule has 126 valence electrons. The van der Waals surface area contributed by atoms with Gasteiger partial charge in [0.25, 0.3) is 0 Å². The largest absolute Gasteiger partial charge is 0.356 e. The van der Waals surface area contributed by atoms with Crippen molar-refractivity contribution in [2.45, 2.75) is 31.2 Å². The normalized spacial score (nSPS) is 16.4. The van der Waals surface area contributed by atoms with E-state index >= 15 is 0 Å². The third-order valence-electron chi connectivity index (χ3n) is 3.99. The van der Waals surface area contributed by atoms with Crippen LogP contribution in [0.25, 0.3) is 0 Å². The third kappa shape index (κ3) is 3.85. The Morgan fingerprint density at radius 1 is 1.29 bits per heavy atom. The van der Waals surface area contributed by atoms with Crippen molar-refractivity contribution in [2.75, 3.05) is 11.1 Å². The number of thiocarbonyl (C=S) groups is 1. The highest BCUT2D eigenvalue weighted by atomic mass is 35.5. The van der Waals surface area contributed by atoms with E-state index in [1.807, 2.05) is 26.0 Å². The molecule has 1 aliphatic heterocycles. The van der Waals surface area contributed by atoms with E-state index in [1.165, 1.54) is 6.07 Å². The van der Waals surface area contributed by atoms with Gasteiger partial charge in [0.05, 0.1) is 16.8 Å². The van der Waals surface area contributed by atoms with Gasteiger partial charge in [-0.15, -0.1) is 11.8 Å². The van der Waals surface area contributed by atoms with Crippen LogP contribution in [0.4, 0.5) is 10.1 Å². The van der Waals surface area contributed by atoms with E-state index in [2.05, 4.69) is 16.7 Å². The fourth-order valence-corrected chi connectivity index (χ4v) is 4.62. The van der Waals surface area contributed by atoms with Crippen molar-refractivity contribution in [1.82, 2.24) is 5.32 Å². The molecule has 0 aromatic heterocycles. The van der Waals surface area contributed by atoms with Gasteiger partial charge >= 0.3 is 0 Å². The van der Waals surface area contributed by atoms with Crippen LogP contribution in [-0.2, 0) is 0 Å². The second-order valence-electron chi connectivity index (χ2n) is 5.91. The summed E-state index contributed by atoms with van der Waals surface area (Å²) in [7, 11) is 0. The van der Waals surface area contributed by atoms with Crippen LogP contribution in [-0.4, -0.2) is 10.9 Å². The number of thioether (sulfide) groups is 1. The van der Waals surface area contributed by atoms with Crippen molar-refractivity contribution in [1.29, 1.82) is 0 Å². The predicted octanol–water partition coefficient (Wildman–Crippen LogP) is 5.62. The van der Waals surface area contributed by atoms with Gasteiger partial charge in [-0.2, -0.15) is 0 Å². The Kier molecular flexibility index (Phi) is 5.33. The second kappa shape index (κ2) is 7.30. The highest BCUT2D eigenvalue weighted by Gasteiger charge is 2.22. The summed E-state index contributed by atoms with van der Waals surface area (Å²) in [5.41, 5.74) is 3.91. The SMILES string of the molecule is Cc1cc(C)c(NC(=S)N[C@@H]2CCSc3ccc(F)cc32)c(Cl)c1. The zero-order valence-electron chi connectivity index (χ0n) is 13.5. The number of halogens is 2. The second-order valence-corrected chi connectivity index (χ2v) is 7.86. The van der Waals surface area contributed by atoms with Crippen LogP contribution in [0.15, 0.2) is 35.2 Å². The van der Waals surface area contributed by atoms with Crippen LogP contribution in [0.3, 0.4) is 0 Å². The summed E-state index contributed by atoms with van der Waals surface area (Å²) in [6, 6.07) is 8.88. The first kappa shape index (κ1) is 17.5. The van der Waals surface area contributed by atoms with E-state index in [4.69, 9.17) is 23.8 Å². The fraction of sp³-hybridized carbons (Fsp3) is 0.278. The van der Waals surface area contributed by atoms with Crippen molar-refractivity contribution in [2.24, 2.45) is 0 Å². The summed E-state index contributed by atoms with van der Waals surface area (Å²) >= 11 is 13.5. The van der Waals surface area contributed by atoms with Crippen molar-refractivity contribution in [3.05, 3.63) is 57.9 Å². The molecule has 0 saturated carbocycles. The molecule has 2 N–H and O–H groups in total. The summed E-state index contributed by atoms with van der Waals surface area (Å²) in [6.07, 6.45) is 0.892. The van der Waals surface area contributed by atoms with E-state index in [1.54, 1.807) is 17.8 Å². The number of aryl methyl sites for hydroxylation is 2. The van der Waals surface area contributed by atoms with Gasteiger partial charge in [-0.3, -0.25) is 0 Å². The van der Waals surface area contributed by atoms with Gasteiger partial charge in [0, 0.05) is 10.6 Å². The molecular weight excluding hydrogens is 363 g/mol. The predicted molar refractivity (Wildman–Crippen MR) is 105 cm³/mol. The maximum Gasteiger partial charge on any atom is 0.171 e. The summed E-state index contributed by atoms with van der Waals surface area (Å²) in [5.74, 6) is 0.753. The van der Waals surface area contributed by atoms with Crippen LogP contribution in [0, 0.1) is 19.7 Å². The molecule has 0 unspecified atom stereocenters. The number of nitrogens with one attached hydrogen (secondary N) is 2. The molecule has 1 heterocycles. The average molecular weight is 381 g/mol. The number of hydrogen-bond acceptors (Lipinski definition) is 2. The van der Waals surface area contributed by atoms with Gasteiger partial charge in [0.1, 0.15) is 5.82 Å². The number of benzene rings is 2. The maximum atomic E-state index is 13.6. The van der Waals surface area contributed by atoms with Crippen LogP contribution >= 0.6 is 35.6 Å². The lowest BCUT2D eigenvalue weighted by Gasteiger charge is -2.27. The Labute approximate surface area is 156 Å². The molecule has 0 radical (unpaired) electrons. The lowest BCUT2D eigenvalue weighted by Crippen LogP contribution is -2.34. The zero-order valence-corrected chi connectivity index (χ0v) is 15.8. The molecule has 0 aliphatic carbocycles. The van der Waals surface area contributed by atoms with Crippen LogP contribution in [0.2, 0.25) is 5.02 Å². The minimum Gasteiger partial charge on any atom is -0.356 e. The first-order chi connectivity index (χ1) is 11.4. The highest BCUT2D eigenvalue weighted by molar-refractivity contribution is 7.99. The van der Waals surface area contributed by atoms with E-state index in [0.717, 1.165) is 39.4 Å². The Bertz CT molecular complexity index is 772. The van der Waals surface area contributed by atoms with E-state index < -0.39 is 0 Å². The fourth-order valence-electron chi connectivity index (χ4n) is 2.90. The summed E-state index contributed by atoms with van der Waals surface area (Å²) in [5, 5.41) is 7.63. The molecule has 2 aromatic rings.